The van der Waals surface area contributed by atoms with Gasteiger partial charge < -0.3 is 14.5 Å². The Hall–Kier alpha value is -1.62. The fraction of sp³-hybridized carbons (Fsp3) is 0.316. The minimum atomic E-state index is 0.516. The maximum Gasteiger partial charge on any atom is 0.120 e. The van der Waals surface area contributed by atoms with Crippen LogP contribution in [0.1, 0.15) is 11.1 Å². The van der Waals surface area contributed by atoms with Crippen molar-refractivity contribution in [1.29, 1.82) is 0 Å². The van der Waals surface area contributed by atoms with Crippen LogP contribution in [0.15, 0.2) is 48.5 Å². The van der Waals surface area contributed by atoms with Crippen LogP contribution < -0.4 is 4.74 Å². The zero-order valence-electron chi connectivity index (χ0n) is 13.7. The number of benzene rings is 2. The molecule has 3 rings (SSSR count). The summed E-state index contributed by atoms with van der Waals surface area (Å²) in [5, 5.41) is 0.735. The maximum absolute atomic E-state index is 5.90. The van der Waals surface area contributed by atoms with E-state index in [4.69, 9.17) is 28.6 Å². The Kier molecular flexibility index (Phi) is 5.72. The predicted molar refractivity (Wildman–Crippen MR) is 103 cm³/mol. The second-order valence-electron chi connectivity index (χ2n) is 6.04. The molecule has 0 atom stereocenters. The zero-order chi connectivity index (χ0) is 16.9. The average Bonchev–Trinajstić information content (AvgIpc) is 2.61. The first-order valence-electron chi connectivity index (χ1n) is 8.07. The molecule has 2 aromatic carbocycles. The quantitative estimate of drug-likeness (QED) is 0.769. The van der Waals surface area contributed by atoms with E-state index in [1.165, 1.54) is 0 Å². The molecule has 0 aromatic heterocycles. The summed E-state index contributed by atoms with van der Waals surface area (Å²) in [4.78, 5) is 5.50. The minimum absolute atomic E-state index is 0.516. The number of halogens is 1. The summed E-state index contributed by atoms with van der Waals surface area (Å²) in [5.41, 5.74) is 2.13. The molecule has 0 spiro atoms. The Labute approximate surface area is 153 Å². The summed E-state index contributed by atoms with van der Waals surface area (Å²) in [7, 11) is 2.14. The van der Waals surface area contributed by atoms with Crippen LogP contribution in [-0.2, 0) is 6.61 Å². The molecule has 0 aliphatic carbocycles. The van der Waals surface area contributed by atoms with Gasteiger partial charge in [0.2, 0.25) is 0 Å². The van der Waals surface area contributed by atoms with Gasteiger partial charge in [0.15, 0.2) is 0 Å². The van der Waals surface area contributed by atoms with Crippen LogP contribution in [0.4, 0.5) is 0 Å². The molecular weight excluding hydrogens is 340 g/mol. The second-order valence-corrected chi connectivity index (χ2v) is 6.86. The van der Waals surface area contributed by atoms with Crippen LogP contribution in [0.3, 0.4) is 0 Å². The summed E-state index contributed by atoms with van der Waals surface area (Å²) in [6.45, 7) is 4.57. The first kappa shape index (κ1) is 17.2. The van der Waals surface area contributed by atoms with Crippen LogP contribution in [0.25, 0.3) is 0 Å². The summed E-state index contributed by atoms with van der Waals surface area (Å²) in [5.74, 6) is 0.832. The highest BCUT2D eigenvalue weighted by atomic mass is 35.5. The van der Waals surface area contributed by atoms with E-state index in [1.54, 1.807) is 0 Å². The second kappa shape index (κ2) is 7.97. The normalized spacial score (nSPS) is 15.3. The molecule has 0 N–H and O–H groups in total. The largest absolute Gasteiger partial charge is 0.489 e. The van der Waals surface area contributed by atoms with Crippen molar-refractivity contribution in [3.05, 3.63) is 64.7 Å². The molecule has 0 unspecified atom stereocenters. The van der Waals surface area contributed by atoms with Gasteiger partial charge in [-0.3, -0.25) is 0 Å². The first-order valence-corrected chi connectivity index (χ1v) is 8.85. The maximum atomic E-state index is 5.90. The van der Waals surface area contributed by atoms with Gasteiger partial charge in [-0.2, -0.15) is 0 Å². The summed E-state index contributed by atoms with van der Waals surface area (Å²) >= 11 is 11.6. The smallest absolute Gasteiger partial charge is 0.120 e. The third-order valence-corrected chi connectivity index (χ3v) is 4.94. The third kappa shape index (κ3) is 4.47. The fourth-order valence-electron chi connectivity index (χ4n) is 2.66. The number of piperazine rings is 1. The molecule has 3 nitrogen and oxygen atoms in total. The number of ether oxygens (including phenoxy) is 1. The van der Waals surface area contributed by atoms with E-state index in [1.807, 2.05) is 42.5 Å². The number of likely N-dealkylation sites (N-methyl/N-ethyl adjacent to an activating group) is 1. The highest BCUT2D eigenvalue weighted by molar-refractivity contribution is 7.80. The van der Waals surface area contributed by atoms with Crippen molar-refractivity contribution in [2.75, 3.05) is 33.2 Å². The molecular formula is C19H21ClN2OS. The van der Waals surface area contributed by atoms with Gasteiger partial charge in [0.25, 0.3) is 0 Å². The summed E-state index contributed by atoms with van der Waals surface area (Å²) in [6, 6.07) is 15.7. The molecule has 1 aliphatic heterocycles. The van der Waals surface area contributed by atoms with Crippen LogP contribution >= 0.6 is 23.8 Å². The Morgan fingerprint density at radius 3 is 2.50 bits per heavy atom. The van der Waals surface area contributed by atoms with E-state index >= 15 is 0 Å². The van der Waals surface area contributed by atoms with Crippen molar-refractivity contribution >= 4 is 28.8 Å². The molecule has 0 amide bonds. The van der Waals surface area contributed by atoms with E-state index in [0.717, 1.165) is 53.1 Å². The molecule has 0 saturated carbocycles. The molecule has 24 heavy (non-hydrogen) atoms. The summed E-state index contributed by atoms with van der Waals surface area (Å²) < 4.78 is 5.90. The molecule has 1 fully saturated rings. The van der Waals surface area contributed by atoms with Gasteiger partial charge in [-0.1, -0.05) is 48.1 Å². The van der Waals surface area contributed by atoms with Crippen molar-refractivity contribution in [1.82, 2.24) is 9.80 Å². The van der Waals surface area contributed by atoms with E-state index < -0.39 is 0 Å². The zero-order valence-corrected chi connectivity index (χ0v) is 15.3. The lowest BCUT2D eigenvalue weighted by Gasteiger charge is -2.34. The molecule has 1 heterocycles. The average molecular weight is 361 g/mol. The predicted octanol–water partition coefficient (Wildman–Crippen LogP) is 3.84. The van der Waals surface area contributed by atoms with Gasteiger partial charge in [-0.25, -0.2) is 0 Å². The topological polar surface area (TPSA) is 15.7 Å². The van der Waals surface area contributed by atoms with Crippen molar-refractivity contribution in [3.8, 4) is 5.75 Å². The number of nitrogens with zero attached hydrogens (tertiary/aromatic N) is 2. The van der Waals surface area contributed by atoms with Crippen LogP contribution in [0, 0.1) is 0 Å². The Morgan fingerprint density at radius 2 is 1.79 bits per heavy atom. The van der Waals surface area contributed by atoms with E-state index in [2.05, 4.69) is 22.9 Å². The van der Waals surface area contributed by atoms with Gasteiger partial charge in [0, 0.05) is 36.8 Å². The van der Waals surface area contributed by atoms with Crippen molar-refractivity contribution in [2.45, 2.75) is 6.61 Å². The highest BCUT2D eigenvalue weighted by Crippen LogP contribution is 2.18. The Morgan fingerprint density at radius 1 is 1.08 bits per heavy atom. The third-order valence-electron chi connectivity index (χ3n) is 4.19. The van der Waals surface area contributed by atoms with Crippen LogP contribution in [0.2, 0.25) is 5.02 Å². The fourth-order valence-corrected chi connectivity index (χ4v) is 3.09. The molecule has 2 aromatic rings. The van der Waals surface area contributed by atoms with Crippen LogP contribution in [-0.4, -0.2) is 48.0 Å². The molecule has 0 bridgehead atoms. The molecule has 5 heteroatoms. The standard InChI is InChI=1S/C19H21ClN2OS/c1-21-9-11-22(12-10-21)19(24)16-3-2-4-18(13-16)23-14-15-5-7-17(20)8-6-15/h2-8,13H,9-12,14H2,1H3. The molecule has 1 saturated heterocycles. The van der Waals surface area contributed by atoms with E-state index in [-0.39, 0.29) is 0 Å². The Balaban J connectivity index is 1.63. The van der Waals surface area contributed by atoms with Gasteiger partial charge in [0.05, 0.1) is 0 Å². The number of thiocarbonyl (C=S) groups is 1. The van der Waals surface area contributed by atoms with Crippen LogP contribution in [0.5, 0.6) is 5.75 Å². The number of hydrogen-bond donors (Lipinski definition) is 0. The van der Waals surface area contributed by atoms with Crippen molar-refractivity contribution < 1.29 is 4.74 Å². The van der Waals surface area contributed by atoms with E-state index in [0.29, 0.717) is 6.61 Å². The lowest BCUT2D eigenvalue weighted by Crippen LogP contribution is -2.46. The van der Waals surface area contributed by atoms with Gasteiger partial charge >= 0.3 is 0 Å². The first-order chi connectivity index (χ1) is 11.6. The lowest BCUT2D eigenvalue weighted by atomic mass is 10.2. The highest BCUT2D eigenvalue weighted by Gasteiger charge is 2.17. The molecule has 126 valence electrons. The van der Waals surface area contributed by atoms with Crippen molar-refractivity contribution in [2.24, 2.45) is 0 Å². The molecule has 0 radical (unpaired) electrons. The monoisotopic (exact) mass is 360 g/mol. The number of hydrogen-bond acceptors (Lipinski definition) is 3. The molecule has 1 aliphatic rings. The van der Waals surface area contributed by atoms with Gasteiger partial charge in [-0.15, -0.1) is 0 Å². The van der Waals surface area contributed by atoms with Gasteiger partial charge in [0.1, 0.15) is 17.3 Å². The lowest BCUT2D eigenvalue weighted by molar-refractivity contribution is 0.218. The van der Waals surface area contributed by atoms with Crippen molar-refractivity contribution in [3.63, 3.8) is 0 Å². The SMILES string of the molecule is CN1CCN(C(=S)c2cccc(OCc3ccc(Cl)cc3)c2)CC1. The Bertz CT molecular complexity index is 697. The summed E-state index contributed by atoms with van der Waals surface area (Å²) in [6.07, 6.45) is 0. The number of rotatable bonds is 4. The van der Waals surface area contributed by atoms with E-state index in [9.17, 15) is 0 Å². The minimum Gasteiger partial charge on any atom is -0.489 e. The van der Waals surface area contributed by atoms with Gasteiger partial charge in [-0.05, 0) is 36.9 Å².